The second-order valence-electron chi connectivity index (χ2n) is 16.8. The summed E-state index contributed by atoms with van der Waals surface area (Å²) in [5.74, 6) is 0. The molecule has 13 rings (SSSR count). The third kappa shape index (κ3) is 5.03. The molecule has 0 fully saturated rings. The summed E-state index contributed by atoms with van der Waals surface area (Å²) in [4.78, 5) is 2.40. The van der Waals surface area contributed by atoms with Crippen molar-refractivity contribution in [2.24, 2.45) is 0 Å². The van der Waals surface area contributed by atoms with Crippen LogP contribution in [-0.4, -0.2) is 0 Å². The first-order valence-electron chi connectivity index (χ1n) is 20.9. The van der Waals surface area contributed by atoms with Gasteiger partial charge in [0, 0.05) is 64.8 Å². The van der Waals surface area contributed by atoms with Gasteiger partial charge in [-0.05, 0) is 106 Å². The monoisotopic (exact) mass is 799 g/mol. The number of anilines is 3. The number of fused-ring (bicyclic) bond motifs is 12. The number of para-hydroxylation sites is 2. The van der Waals surface area contributed by atoms with Gasteiger partial charge < -0.3 is 13.7 Å². The lowest BCUT2D eigenvalue weighted by Crippen LogP contribution is -2.16. The number of nitrogens with zero attached hydrogens (tertiary/aromatic N) is 1. The molecule has 0 radical (unpaired) electrons. The predicted octanol–water partition coefficient (Wildman–Crippen LogP) is 17.0. The van der Waals surface area contributed by atoms with Gasteiger partial charge in [0.1, 0.15) is 22.3 Å². The quantitative estimate of drug-likeness (QED) is 0.174. The largest absolute Gasteiger partial charge is 0.456 e. The number of hydrogen-bond acceptors (Lipinski definition) is 4. The highest BCUT2D eigenvalue weighted by atomic mass is 32.1. The predicted molar refractivity (Wildman–Crippen MR) is 257 cm³/mol. The summed E-state index contributed by atoms with van der Waals surface area (Å²) in [6.07, 6.45) is 0. The summed E-state index contributed by atoms with van der Waals surface area (Å²) < 4.78 is 16.1. The lowest BCUT2D eigenvalue weighted by Gasteiger charge is -2.29. The molecule has 0 unspecified atom stereocenters. The average Bonchev–Trinajstić information content (AvgIpc) is 4.05. The van der Waals surface area contributed by atoms with Crippen molar-refractivity contribution < 1.29 is 8.83 Å². The number of rotatable bonds is 5. The molecule has 1 aliphatic carbocycles. The van der Waals surface area contributed by atoms with Crippen LogP contribution >= 0.6 is 11.3 Å². The zero-order valence-corrected chi connectivity index (χ0v) is 34.4. The Morgan fingerprint density at radius 2 is 1.03 bits per heavy atom. The molecule has 61 heavy (non-hydrogen) atoms. The molecule has 1 aliphatic rings. The van der Waals surface area contributed by atoms with Crippen LogP contribution < -0.4 is 4.90 Å². The Hall–Kier alpha value is -7.40. The van der Waals surface area contributed by atoms with Gasteiger partial charge in [-0.15, -0.1) is 11.3 Å². The van der Waals surface area contributed by atoms with Crippen molar-refractivity contribution in [3.8, 4) is 33.4 Å². The van der Waals surface area contributed by atoms with E-state index in [1.165, 1.54) is 53.6 Å². The lowest BCUT2D eigenvalue weighted by molar-refractivity contribution is 0.660. The van der Waals surface area contributed by atoms with E-state index in [0.717, 1.165) is 72.1 Å². The number of thiophene rings is 1. The molecule has 3 nitrogen and oxygen atoms in total. The zero-order valence-electron chi connectivity index (χ0n) is 33.6. The maximum absolute atomic E-state index is 6.98. The fourth-order valence-corrected chi connectivity index (χ4v) is 11.3. The summed E-state index contributed by atoms with van der Waals surface area (Å²) in [6.45, 7) is 4.69. The Labute approximate surface area is 356 Å². The fraction of sp³-hybridized carbons (Fsp3) is 0.0526. The van der Waals surface area contributed by atoms with Crippen LogP contribution in [0.4, 0.5) is 17.1 Å². The summed E-state index contributed by atoms with van der Waals surface area (Å²) in [5, 5.41) is 6.96. The van der Waals surface area contributed by atoms with Gasteiger partial charge >= 0.3 is 0 Å². The van der Waals surface area contributed by atoms with Crippen molar-refractivity contribution in [2.45, 2.75) is 19.3 Å². The van der Waals surface area contributed by atoms with Gasteiger partial charge in [0.15, 0.2) is 0 Å². The Kier molecular flexibility index (Phi) is 7.23. The Bertz CT molecular complexity index is 3770. The third-order valence-electron chi connectivity index (χ3n) is 13.1. The van der Waals surface area contributed by atoms with E-state index < -0.39 is 0 Å². The summed E-state index contributed by atoms with van der Waals surface area (Å²) in [7, 11) is 0. The molecule has 9 aromatic carbocycles. The molecule has 0 saturated heterocycles. The first-order chi connectivity index (χ1) is 30.0. The van der Waals surface area contributed by atoms with Crippen LogP contribution in [0.5, 0.6) is 0 Å². The summed E-state index contributed by atoms with van der Waals surface area (Å²) in [5.41, 5.74) is 16.3. The second-order valence-corrected chi connectivity index (χ2v) is 17.9. The molecule has 288 valence electrons. The molecule has 0 amide bonds. The first-order valence-corrected chi connectivity index (χ1v) is 21.7. The van der Waals surface area contributed by atoms with E-state index in [4.69, 9.17) is 8.83 Å². The van der Waals surface area contributed by atoms with Crippen molar-refractivity contribution in [3.63, 3.8) is 0 Å². The van der Waals surface area contributed by atoms with E-state index in [1.54, 1.807) is 0 Å². The van der Waals surface area contributed by atoms with Gasteiger partial charge in [-0.1, -0.05) is 129 Å². The third-order valence-corrected chi connectivity index (χ3v) is 14.2. The van der Waals surface area contributed by atoms with Crippen LogP contribution in [0.2, 0.25) is 0 Å². The normalized spacial score (nSPS) is 13.2. The van der Waals surface area contributed by atoms with Crippen LogP contribution in [0.15, 0.2) is 197 Å². The SMILES string of the molecule is CC1(C)c2ccccc2-c2ccc(N(c3ccc4c(c3)oc3ccccc34)c3ccc(-c4cccc(-c5cccc6sc7ccccc7c56)c4)c4oc5ccccc5c34)cc21. The van der Waals surface area contributed by atoms with Crippen LogP contribution in [0.3, 0.4) is 0 Å². The van der Waals surface area contributed by atoms with Crippen molar-refractivity contribution in [1.29, 1.82) is 0 Å². The molecule has 12 aromatic rings. The molecule has 0 spiro atoms. The number of hydrogen-bond donors (Lipinski definition) is 0. The van der Waals surface area contributed by atoms with Gasteiger partial charge in [0.2, 0.25) is 0 Å². The van der Waals surface area contributed by atoms with E-state index in [2.05, 4.69) is 195 Å². The minimum Gasteiger partial charge on any atom is -0.456 e. The van der Waals surface area contributed by atoms with Gasteiger partial charge in [0.25, 0.3) is 0 Å². The van der Waals surface area contributed by atoms with Crippen molar-refractivity contribution >= 4 is 92.4 Å². The zero-order chi connectivity index (χ0) is 40.4. The van der Waals surface area contributed by atoms with Crippen molar-refractivity contribution in [1.82, 2.24) is 0 Å². The molecule has 3 aromatic heterocycles. The minimum atomic E-state index is -0.164. The Morgan fingerprint density at radius 3 is 1.92 bits per heavy atom. The van der Waals surface area contributed by atoms with Crippen LogP contribution in [0.25, 0.3) is 97.4 Å². The topological polar surface area (TPSA) is 29.5 Å². The maximum Gasteiger partial charge on any atom is 0.145 e. The van der Waals surface area contributed by atoms with Crippen LogP contribution in [-0.2, 0) is 5.41 Å². The standard InChI is InChI=1S/C57H37NO2S/c1-57(2)46-20-7-3-15-40(46)41-27-25-36(32-47(41)57)58(37-26-28-43-42-16-4-8-21-49(42)59-51(43)33-37)48-30-29-39(56-55(48)44-17-5-9-22-50(44)60-56)35-14-11-13-34(31-35)38-19-12-24-53-54(38)45-18-6-10-23-52(45)61-53/h3-33H,1-2H3. The highest BCUT2D eigenvalue weighted by Gasteiger charge is 2.36. The highest BCUT2D eigenvalue weighted by molar-refractivity contribution is 7.25. The van der Waals surface area contributed by atoms with E-state index in [-0.39, 0.29) is 5.41 Å². The van der Waals surface area contributed by atoms with E-state index in [1.807, 2.05) is 23.5 Å². The molecule has 4 heteroatoms. The second kappa shape index (κ2) is 12.8. The van der Waals surface area contributed by atoms with E-state index >= 15 is 0 Å². The number of benzene rings is 9. The lowest BCUT2D eigenvalue weighted by atomic mass is 9.82. The molecular formula is C57H37NO2S. The summed E-state index contributed by atoms with van der Waals surface area (Å²) >= 11 is 1.85. The van der Waals surface area contributed by atoms with Crippen LogP contribution in [0, 0.1) is 0 Å². The Balaban J connectivity index is 1.04. The average molecular weight is 800 g/mol. The highest BCUT2D eigenvalue weighted by Crippen LogP contribution is 2.53. The first kappa shape index (κ1) is 34.5. The molecule has 0 saturated carbocycles. The van der Waals surface area contributed by atoms with Crippen molar-refractivity contribution in [3.05, 3.63) is 199 Å². The van der Waals surface area contributed by atoms with Gasteiger partial charge in [-0.3, -0.25) is 0 Å². The molecule has 0 aliphatic heterocycles. The molecular weight excluding hydrogens is 763 g/mol. The molecule has 0 atom stereocenters. The minimum absolute atomic E-state index is 0.164. The Morgan fingerprint density at radius 1 is 0.410 bits per heavy atom. The molecule has 0 bridgehead atoms. The van der Waals surface area contributed by atoms with E-state index in [0.29, 0.717) is 0 Å². The van der Waals surface area contributed by atoms with E-state index in [9.17, 15) is 0 Å². The van der Waals surface area contributed by atoms with Crippen LogP contribution in [0.1, 0.15) is 25.0 Å². The smallest absolute Gasteiger partial charge is 0.145 e. The molecule has 0 N–H and O–H groups in total. The number of furan rings is 2. The molecule has 3 heterocycles. The maximum atomic E-state index is 6.98. The van der Waals surface area contributed by atoms with Crippen molar-refractivity contribution in [2.75, 3.05) is 4.90 Å². The fourth-order valence-electron chi connectivity index (χ4n) is 10.2. The van der Waals surface area contributed by atoms with Gasteiger partial charge in [-0.25, -0.2) is 0 Å². The summed E-state index contributed by atoms with van der Waals surface area (Å²) in [6, 6.07) is 68.1. The van der Waals surface area contributed by atoms with Gasteiger partial charge in [-0.2, -0.15) is 0 Å². The van der Waals surface area contributed by atoms with Gasteiger partial charge in [0.05, 0.1) is 11.1 Å².